The van der Waals surface area contributed by atoms with Gasteiger partial charge < -0.3 is 19.2 Å². The van der Waals surface area contributed by atoms with Gasteiger partial charge in [-0.15, -0.1) is 0 Å². The summed E-state index contributed by atoms with van der Waals surface area (Å²) in [5, 5.41) is 3.41. The molecule has 26 heavy (non-hydrogen) atoms. The van der Waals surface area contributed by atoms with Crippen LogP contribution in [0.3, 0.4) is 0 Å². The molecule has 4 rings (SSSR count). The summed E-state index contributed by atoms with van der Waals surface area (Å²) in [5.74, 6) is 2.94. The van der Waals surface area contributed by atoms with E-state index in [0.29, 0.717) is 18.0 Å². The first-order chi connectivity index (χ1) is 12.8. The minimum Gasteiger partial charge on any atom is -0.493 e. The molecule has 0 aliphatic rings. The predicted molar refractivity (Wildman–Crippen MR) is 97.6 cm³/mol. The molecule has 0 radical (unpaired) electrons. The molecule has 7 heteroatoms. The van der Waals surface area contributed by atoms with Gasteiger partial charge in [0, 0.05) is 18.0 Å². The second-order valence-electron chi connectivity index (χ2n) is 5.59. The highest BCUT2D eigenvalue weighted by Gasteiger charge is 2.20. The Balaban J connectivity index is 1.86. The minimum atomic E-state index is 0.530. The van der Waals surface area contributed by atoms with Gasteiger partial charge >= 0.3 is 0 Å². The van der Waals surface area contributed by atoms with Crippen LogP contribution in [0.1, 0.15) is 5.76 Å². The molecule has 4 aromatic rings. The molecular formula is C19H18N4O3. The molecule has 0 aliphatic carbocycles. The zero-order chi connectivity index (χ0) is 17.9. The van der Waals surface area contributed by atoms with Gasteiger partial charge in [0.25, 0.3) is 0 Å². The Morgan fingerprint density at radius 3 is 2.85 bits per heavy atom. The summed E-state index contributed by atoms with van der Waals surface area (Å²) in [4.78, 5) is 8.90. The van der Waals surface area contributed by atoms with Crippen molar-refractivity contribution in [3.63, 3.8) is 0 Å². The van der Waals surface area contributed by atoms with Gasteiger partial charge in [0.05, 0.1) is 33.2 Å². The zero-order valence-electron chi connectivity index (χ0n) is 14.5. The third kappa shape index (κ3) is 2.73. The topological polar surface area (TPSA) is 73.8 Å². The summed E-state index contributed by atoms with van der Waals surface area (Å²) in [5.41, 5.74) is 2.31. The Kier molecular flexibility index (Phi) is 4.18. The molecule has 132 valence electrons. The summed E-state index contributed by atoms with van der Waals surface area (Å²) in [6, 6.07) is 9.50. The quantitative estimate of drug-likeness (QED) is 0.572. The van der Waals surface area contributed by atoms with E-state index in [1.807, 2.05) is 40.9 Å². The number of nitrogens with one attached hydrogen (secondary N) is 1. The molecule has 7 nitrogen and oxygen atoms in total. The number of ether oxygens (including phenoxy) is 2. The lowest BCUT2D eigenvalue weighted by molar-refractivity contribution is 0.356. The van der Waals surface area contributed by atoms with Crippen LogP contribution in [0.5, 0.6) is 11.5 Å². The molecule has 0 amide bonds. The highest BCUT2D eigenvalue weighted by atomic mass is 16.5. The average molecular weight is 350 g/mol. The molecule has 0 aliphatic heterocycles. The van der Waals surface area contributed by atoms with E-state index in [1.165, 1.54) is 0 Å². The van der Waals surface area contributed by atoms with E-state index in [0.717, 1.165) is 28.5 Å². The Morgan fingerprint density at radius 1 is 1.15 bits per heavy atom. The number of anilines is 1. The standard InChI is InChI=1S/C19H18N4O3/c1-24-15-7-3-6-14(18(15)25-2)17-19(21-11-13-5-4-10-26-13)23-9-8-20-12-16(23)22-17/h3-10,12,21H,11H2,1-2H3. The lowest BCUT2D eigenvalue weighted by Crippen LogP contribution is -2.03. The maximum Gasteiger partial charge on any atom is 0.170 e. The molecule has 0 spiro atoms. The van der Waals surface area contributed by atoms with Crippen molar-refractivity contribution in [3.8, 4) is 22.8 Å². The number of methoxy groups -OCH3 is 2. The molecule has 3 aromatic heterocycles. The van der Waals surface area contributed by atoms with Crippen molar-refractivity contribution < 1.29 is 13.9 Å². The van der Waals surface area contributed by atoms with Crippen LogP contribution in [0.2, 0.25) is 0 Å². The number of rotatable bonds is 6. The number of hydrogen-bond acceptors (Lipinski definition) is 6. The van der Waals surface area contributed by atoms with Gasteiger partial charge in [0.2, 0.25) is 0 Å². The van der Waals surface area contributed by atoms with Crippen molar-refractivity contribution >= 4 is 11.5 Å². The highest BCUT2D eigenvalue weighted by Crippen LogP contribution is 2.40. The van der Waals surface area contributed by atoms with E-state index in [9.17, 15) is 0 Å². The summed E-state index contributed by atoms with van der Waals surface area (Å²) in [6.07, 6.45) is 6.96. The SMILES string of the molecule is COc1cccc(-c2nc3cnccn3c2NCc2ccco2)c1OC. The van der Waals surface area contributed by atoms with Crippen molar-refractivity contribution in [2.45, 2.75) is 6.54 Å². The van der Waals surface area contributed by atoms with Gasteiger partial charge in [-0.2, -0.15) is 0 Å². The Morgan fingerprint density at radius 2 is 2.08 bits per heavy atom. The van der Waals surface area contributed by atoms with Crippen molar-refractivity contribution in [2.75, 3.05) is 19.5 Å². The second kappa shape index (κ2) is 6.79. The number of para-hydroxylation sites is 1. The predicted octanol–water partition coefficient (Wildman–Crippen LogP) is 3.62. The minimum absolute atomic E-state index is 0.530. The van der Waals surface area contributed by atoms with Crippen molar-refractivity contribution in [2.24, 2.45) is 0 Å². The number of aromatic nitrogens is 3. The van der Waals surface area contributed by atoms with Gasteiger partial charge in [-0.05, 0) is 24.3 Å². The maximum absolute atomic E-state index is 5.59. The van der Waals surface area contributed by atoms with Crippen LogP contribution in [-0.4, -0.2) is 28.6 Å². The zero-order valence-corrected chi connectivity index (χ0v) is 14.5. The number of nitrogens with zero attached hydrogens (tertiary/aromatic N) is 3. The third-order valence-electron chi connectivity index (χ3n) is 4.10. The molecule has 0 bridgehead atoms. The van der Waals surface area contributed by atoms with Gasteiger partial charge in [0.15, 0.2) is 17.1 Å². The van der Waals surface area contributed by atoms with Crippen LogP contribution >= 0.6 is 0 Å². The molecule has 0 saturated carbocycles. The van der Waals surface area contributed by atoms with Gasteiger partial charge in [0.1, 0.15) is 17.3 Å². The van der Waals surface area contributed by atoms with Crippen LogP contribution in [0.25, 0.3) is 16.9 Å². The summed E-state index contributed by atoms with van der Waals surface area (Å²) in [6.45, 7) is 0.530. The van der Waals surface area contributed by atoms with E-state index in [1.54, 1.807) is 32.9 Å². The smallest absolute Gasteiger partial charge is 0.170 e. The number of fused-ring (bicyclic) bond motifs is 1. The largest absolute Gasteiger partial charge is 0.493 e. The Labute approximate surface area is 150 Å². The fourth-order valence-electron chi connectivity index (χ4n) is 2.92. The summed E-state index contributed by atoms with van der Waals surface area (Å²) in [7, 11) is 3.24. The first kappa shape index (κ1) is 16.0. The maximum atomic E-state index is 5.59. The van der Waals surface area contributed by atoms with E-state index in [-0.39, 0.29) is 0 Å². The lowest BCUT2D eigenvalue weighted by atomic mass is 10.1. The first-order valence-corrected chi connectivity index (χ1v) is 8.11. The molecular weight excluding hydrogens is 332 g/mol. The number of imidazole rings is 1. The molecule has 0 saturated heterocycles. The van der Waals surface area contributed by atoms with E-state index in [2.05, 4.69) is 10.3 Å². The van der Waals surface area contributed by atoms with Gasteiger partial charge in [-0.3, -0.25) is 9.38 Å². The normalized spacial score (nSPS) is 10.8. The molecule has 0 fully saturated rings. The fourth-order valence-corrected chi connectivity index (χ4v) is 2.92. The number of benzene rings is 1. The number of hydrogen-bond donors (Lipinski definition) is 1. The first-order valence-electron chi connectivity index (χ1n) is 8.11. The second-order valence-corrected chi connectivity index (χ2v) is 5.59. The van der Waals surface area contributed by atoms with Gasteiger partial charge in [-0.1, -0.05) is 6.07 Å². The monoisotopic (exact) mass is 350 g/mol. The van der Waals surface area contributed by atoms with E-state index < -0.39 is 0 Å². The van der Waals surface area contributed by atoms with Crippen LogP contribution in [0.15, 0.2) is 59.6 Å². The van der Waals surface area contributed by atoms with Crippen molar-refractivity contribution in [3.05, 3.63) is 60.9 Å². The fraction of sp³-hybridized carbons (Fsp3) is 0.158. The van der Waals surface area contributed by atoms with Gasteiger partial charge in [-0.25, -0.2) is 4.98 Å². The molecule has 1 aromatic carbocycles. The van der Waals surface area contributed by atoms with Crippen LogP contribution in [0.4, 0.5) is 5.82 Å². The van der Waals surface area contributed by atoms with Crippen LogP contribution < -0.4 is 14.8 Å². The van der Waals surface area contributed by atoms with E-state index >= 15 is 0 Å². The van der Waals surface area contributed by atoms with Crippen LogP contribution in [-0.2, 0) is 6.54 Å². The average Bonchev–Trinajstić information content (AvgIpc) is 3.33. The summed E-state index contributed by atoms with van der Waals surface area (Å²) >= 11 is 0. The Bertz CT molecular complexity index is 1020. The molecule has 1 N–H and O–H groups in total. The Hall–Kier alpha value is -3.48. The van der Waals surface area contributed by atoms with Crippen molar-refractivity contribution in [1.29, 1.82) is 0 Å². The van der Waals surface area contributed by atoms with E-state index in [4.69, 9.17) is 18.9 Å². The van der Waals surface area contributed by atoms with Crippen molar-refractivity contribution in [1.82, 2.24) is 14.4 Å². The molecule has 0 atom stereocenters. The summed E-state index contributed by atoms with van der Waals surface area (Å²) < 4.78 is 18.4. The third-order valence-corrected chi connectivity index (χ3v) is 4.10. The molecule has 0 unspecified atom stereocenters. The lowest BCUT2D eigenvalue weighted by Gasteiger charge is -2.13. The highest BCUT2D eigenvalue weighted by molar-refractivity contribution is 5.81. The molecule has 3 heterocycles. The number of furan rings is 1. The van der Waals surface area contributed by atoms with Crippen LogP contribution in [0, 0.1) is 0 Å².